The second kappa shape index (κ2) is 17.6. The zero-order valence-electron chi connectivity index (χ0n) is 42.1. The maximum atomic E-state index is 13.6. The minimum absolute atomic E-state index is 0. The number of nitrogens with zero attached hydrogens (tertiary/aromatic N) is 4. The molecule has 0 amide bonds. The molecule has 0 unspecified atom stereocenters. The molecule has 2 radical (unpaired) electrons. The second-order valence-corrected chi connectivity index (χ2v) is 21.7. The van der Waals surface area contributed by atoms with Gasteiger partial charge in [0.25, 0.3) is 0 Å². The van der Waals surface area contributed by atoms with E-state index in [4.69, 9.17) is 9.47 Å². The molecule has 0 spiro atoms. The molecule has 12 heteroatoms. The number of fused-ring (bicyclic) bond motifs is 26. The summed E-state index contributed by atoms with van der Waals surface area (Å²) < 4.78 is 24.1. The minimum atomic E-state index is -0.546. The van der Waals surface area contributed by atoms with E-state index in [0.717, 1.165) is 78.7 Å². The van der Waals surface area contributed by atoms with Gasteiger partial charge in [-0.25, -0.2) is 0 Å². The van der Waals surface area contributed by atoms with Crippen LogP contribution in [-0.4, -0.2) is 56.0 Å². The molecule has 374 valence electrons. The van der Waals surface area contributed by atoms with Crippen LogP contribution in [0.5, 0.6) is 0 Å². The van der Waals surface area contributed by atoms with Crippen LogP contribution in [0.2, 0.25) is 0 Å². The number of ether oxygens (including phenoxy) is 2. The quantitative estimate of drug-likeness (QED) is 0.167. The van der Waals surface area contributed by atoms with Crippen LogP contribution < -0.4 is 10.6 Å². The smallest absolute Gasteiger partial charge is 0.148 e. The number of aromatic nitrogens is 4. The van der Waals surface area contributed by atoms with Gasteiger partial charge in [0, 0.05) is 124 Å². The summed E-state index contributed by atoms with van der Waals surface area (Å²) in [5, 5.41) is 16.5. The van der Waals surface area contributed by atoms with Crippen LogP contribution in [0.4, 0.5) is 0 Å². The van der Waals surface area contributed by atoms with E-state index in [1.807, 2.05) is 0 Å². The zero-order valence-corrected chi connectivity index (χ0v) is 47.8. The van der Waals surface area contributed by atoms with Crippen LogP contribution in [0.3, 0.4) is 0 Å². The Balaban J connectivity index is 0.000000151. The number of para-hydroxylation sites is 4. The van der Waals surface area contributed by atoms with Crippen molar-refractivity contribution in [3.63, 3.8) is 0 Å². The Morgan fingerprint density at radius 1 is 0.514 bits per heavy atom. The third-order valence-corrected chi connectivity index (χ3v) is 18.5. The van der Waals surface area contributed by atoms with Crippen LogP contribution in [-0.2, 0) is 86.3 Å². The molecule has 10 aromatic rings. The Morgan fingerprint density at radius 2 is 0.838 bits per heavy atom. The van der Waals surface area contributed by atoms with Gasteiger partial charge in [-0.15, -0.1) is 0 Å². The van der Waals surface area contributed by atoms with E-state index in [9.17, 15) is 9.59 Å². The van der Waals surface area contributed by atoms with E-state index < -0.39 is 11.4 Å². The zero-order chi connectivity index (χ0) is 47.6. The molecule has 2 N–H and O–H groups in total. The third-order valence-electron chi connectivity index (χ3n) is 18.5. The van der Waals surface area contributed by atoms with Gasteiger partial charge in [0.2, 0.25) is 0 Å². The predicted molar refractivity (Wildman–Crippen MR) is 293 cm³/mol. The molecular weight excluding hydrogens is 1070 g/mol. The molecule has 0 saturated carbocycles. The number of benzene rings is 6. The maximum Gasteiger partial charge on any atom is 0.148 e. The molecule has 8 atom stereocenters. The van der Waals surface area contributed by atoms with Gasteiger partial charge in [0.05, 0.1) is 22.1 Å². The standard InChI is InChI=1S/2C30H28N3O2.2CH4.2Y/c2*1-15-13-22(34)27-24(15)25-18-10-6-8-12-21(18)33-29(25)28-26(27)17-9-5-7-11-20(17)32(28)23-14-19(31-4)16(2)30(33,3)35-23;;;;/h2*5-12,16,19,23,31H,13-14H2,1-4H3;2*1H4;;/q2*-1;;;;/t2*16-,19-,23-,30+;;;;/m11..../s1. The number of Topliss-reactive ketones (excluding diaryl/α,β-unsaturated/α-hetero) is 2. The molecule has 16 rings (SSSR count). The first-order chi connectivity index (χ1) is 33.9. The summed E-state index contributed by atoms with van der Waals surface area (Å²) in [6.07, 6.45) is 2.49. The first-order valence-electron chi connectivity index (χ1n) is 25.4. The van der Waals surface area contributed by atoms with Crippen molar-refractivity contribution in [3.05, 3.63) is 131 Å². The normalized spacial score (nSPS) is 26.1. The molecule has 2 saturated heterocycles. The van der Waals surface area contributed by atoms with Crippen molar-refractivity contribution < 1.29 is 84.5 Å². The van der Waals surface area contributed by atoms with Crippen LogP contribution in [0.25, 0.3) is 87.2 Å². The molecule has 8 heterocycles. The second-order valence-electron chi connectivity index (χ2n) is 21.7. The number of rotatable bonds is 2. The van der Waals surface area contributed by atoms with Crippen molar-refractivity contribution in [1.29, 1.82) is 0 Å². The molecule has 10 nitrogen and oxygen atoms in total. The van der Waals surface area contributed by atoms with E-state index in [1.165, 1.54) is 55.4 Å². The Morgan fingerprint density at radius 3 is 1.19 bits per heavy atom. The van der Waals surface area contributed by atoms with Gasteiger partial charge in [0.1, 0.15) is 35.5 Å². The first kappa shape index (κ1) is 51.7. The predicted octanol–water partition coefficient (Wildman–Crippen LogP) is 13.8. The van der Waals surface area contributed by atoms with Crippen molar-refractivity contribution in [3.8, 4) is 0 Å². The van der Waals surface area contributed by atoms with Gasteiger partial charge in [-0.2, -0.15) is 23.0 Å². The monoisotopic (exact) mass is 1130 g/mol. The fraction of sp³-hybridized carbons (Fsp3) is 0.355. The molecule has 2 fully saturated rings. The molecule has 74 heavy (non-hydrogen) atoms. The Kier molecular flexibility index (Phi) is 12.3. The summed E-state index contributed by atoms with van der Waals surface area (Å²) in [7, 11) is 4.13. The van der Waals surface area contributed by atoms with Crippen molar-refractivity contribution in [2.45, 2.75) is 118 Å². The summed E-state index contributed by atoms with van der Waals surface area (Å²) in [6.45, 7) is 13.4. The van der Waals surface area contributed by atoms with Gasteiger partial charge >= 0.3 is 0 Å². The Bertz CT molecular complexity index is 3790. The van der Waals surface area contributed by atoms with E-state index in [0.29, 0.717) is 24.9 Å². The number of carbonyl (C=O) groups excluding carboxylic acids is 2. The van der Waals surface area contributed by atoms with Gasteiger partial charge in [-0.1, -0.05) is 137 Å². The molecule has 4 bridgehead atoms. The Labute approximate surface area is 483 Å². The summed E-state index contributed by atoms with van der Waals surface area (Å²) >= 11 is 0. The van der Waals surface area contributed by atoms with Crippen LogP contribution in [0.1, 0.15) is 126 Å². The SMILES string of the molecule is C.C.CN[C@@H]1C[C@H]2O[C@@](C)([C@@H]1C)n1c3ccccc3c3c4c(c5c6ccccc6n2c5c31)C(=O)C[C-]4C.CN[C@@H]1C[C@H]2O[C@@](C)([C@@H]1C)n1c3ccccc3c3c4c(c5c6ccccc6n2c5c31)C(=O)C[C-]4C.[Y].[Y]. The average Bonchev–Trinajstić information content (AvgIpc) is 4.18. The van der Waals surface area contributed by atoms with E-state index >= 15 is 0 Å². The number of ketones is 2. The molecule has 4 aromatic heterocycles. The molecular formula is C62H64N6O4Y2-2. The van der Waals surface area contributed by atoms with E-state index in [1.54, 1.807) is 0 Å². The fourth-order valence-electron chi connectivity index (χ4n) is 15.2. The van der Waals surface area contributed by atoms with Gasteiger partial charge in [-0.3, -0.25) is 0 Å². The van der Waals surface area contributed by atoms with Crippen molar-refractivity contribution in [2.75, 3.05) is 14.1 Å². The van der Waals surface area contributed by atoms with Crippen LogP contribution in [0, 0.1) is 23.7 Å². The van der Waals surface area contributed by atoms with Crippen LogP contribution >= 0.6 is 0 Å². The largest absolute Gasteiger partial charge is 0.332 e. The summed E-state index contributed by atoms with van der Waals surface area (Å²) in [4.78, 5) is 27.2. The number of hydrogen-bond donors (Lipinski definition) is 2. The number of nitrogens with one attached hydrogen (secondary N) is 2. The third kappa shape index (κ3) is 6.12. The first-order valence-corrected chi connectivity index (χ1v) is 25.4. The topological polar surface area (TPSA) is 96.4 Å². The fourth-order valence-corrected chi connectivity index (χ4v) is 15.2. The molecule has 2 aliphatic carbocycles. The van der Waals surface area contributed by atoms with Crippen LogP contribution in [0.15, 0.2) is 97.1 Å². The summed E-state index contributed by atoms with van der Waals surface area (Å²) in [5.41, 5.74) is 12.4. The summed E-state index contributed by atoms with van der Waals surface area (Å²) in [5.74, 6) is 3.30. The minimum Gasteiger partial charge on any atom is -0.332 e. The molecule has 4 aliphatic heterocycles. The summed E-state index contributed by atoms with van der Waals surface area (Å²) in [6, 6.07) is 35.0. The van der Waals surface area contributed by atoms with E-state index in [-0.39, 0.29) is 116 Å². The van der Waals surface area contributed by atoms with Crippen molar-refractivity contribution >= 4 is 98.8 Å². The van der Waals surface area contributed by atoms with Crippen molar-refractivity contribution in [2.24, 2.45) is 11.8 Å². The van der Waals surface area contributed by atoms with Crippen molar-refractivity contribution in [1.82, 2.24) is 28.9 Å². The molecule has 6 aromatic carbocycles. The van der Waals surface area contributed by atoms with Gasteiger partial charge in [-0.05, 0) is 97.4 Å². The van der Waals surface area contributed by atoms with Gasteiger partial charge < -0.3 is 48.0 Å². The number of carbonyl (C=O) groups is 2. The van der Waals surface area contributed by atoms with E-state index in [2.05, 4.69) is 182 Å². The van der Waals surface area contributed by atoms with Gasteiger partial charge in [0.15, 0.2) is 0 Å². The Hall–Kier alpha value is -4.35. The maximum absolute atomic E-state index is 13.6. The average molecular weight is 1140 g/mol. The number of hydrogen-bond acceptors (Lipinski definition) is 6. The molecule has 6 aliphatic rings.